The topological polar surface area (TPSA) is 20.2 Å². The Labute approximate surface area is 166 Å². The van der Waals surface area contributed by atoms with Crippen LogP contribution in [-0.2, 0) is 0 Å². The molecule has 0 spiro atoms. The number of benzene rings is 2. The molecule has 1 atom stereocenters. The van der Waals surface area contributed by atoms with E-state index in [-0.39, 0.29) is 5.92 Å². The number of hydrogen-bond acceptors (Lipinski definition) is 1. The Hall–Kier alpha value is -1.80. The van der Waals surface area contributed by atoms with Crippen molar-refractivity contribution < 1.29 is 9.59 Å². The first kappa shape index (κ1) is 21.5. The lowest BCUT2D eigenvalue weighted by molar-refractivity contribution is -0.985. The minimum absolute atomic E-state index is 0.208. The van der Waals surface area contributed by atoms with Gasteiger partial charge < -0.3 is 9.59 Å². The minimum atomic E-state index is 0.208. The summed E-state index contributed by atoms with van der Waals surface area (Å²) in [6.07, 6.45) is 1.02. The maximum Gasteiger partial charge on any atom is 0.119 e. The third kappa shape index (κ3) is 4.55. The van der Waals surface area contributed by atoms with Crippen LogP contribution in [0.3, 0.4) is 0 Å². The van der Waals surface area contributed by atoms with Crippen LogP contribution in [0.1, 0.15) is 70.6 Å². The molecule has 2 rings (SSSR count). The molecule has 0 radical (unpaired) electrons. The van der Waals surface area contributed by atoms with Gasteiger partial charge in [0.15, 0.2) is 0 Å². The first-order valence-electron chi connectivity index (χ1n) is 10.4. The molecular weight excluding hydrogens is 330 g/mol. The molecule has 1 unspecified atom stereocenters. The van der Waals surface area contributed by atoms with E-state index in [0.29, 0.717) is 23.9 Å². The number of quaternary nitrogens is 1. The van der Waals surface area contributed by atoms with Gasteiger partial charge in [-0.05, 0) is 60.1 Å². The van der Waals surface area contributed by atoms with Crippen LogP contribution < -0.4 is 0 Å². The average Bonchev–Trinajstić information content (AvgIpc) is 2.61. The predicted octanol–water partition coefficient (Wildman–Crippen LogP) is 6.26. The zero-order valence-electron chi connectivity index (χ0n) is 18.2. The SMILES string of the molecule is Cc1ccc(O)c(C(CC[N+](C(C)C)(C(C)C)C(C)C)c2ccccc2)c1. The second-order valence-electron chi connectivity index (χ2n) is 8.81. The van der Waals surface area contributed by atoms with E-state index in [9.17, 15) is 5.11 Å². The highest BCUT2D eigenvalue weighted by atomic mass is 16.3. The molecule has 0 heterocycles. The number of hydrogen-bond donors (Lipinski definition) is 1. The first-order chi connectivity index (χ1) is 12.7. The molecular formula is C25H38NO+. The average molecular weight is 369 g/mol. The van der Waals surface area contributed by atoms with Gasteiger partial charge in [0.1, 0.15) is 5.75 Å². The zero-order chi connectivity index (χ0) is 20.2. The molecule has 148 valence electrons. The van der Waals surface area contributed by atoms with Crippen molar-refractivity contribution in [3.05, 3.63) is 65.2 Å². The van der Waals surface area contributed by atoms with E-state index in [4.69, 9.17) is 0 Å². The molecule has 2 heteroatoms. The van der Waals surface area contributed by atoms with E-state index in [2.05, 4.69) is 84.9 Å². The van der Waals surface area contributed by atoms with Crippen LogP contribution in [0.5, 0.6) is 5.75 Å². The fourth-order valence-electron chi connectivity index (χ4n) is 5.06. The van der Waals surface area contributed by atoms with E-state index in [0.717, 1.165) is 23.0 Å². The second kappa shape index (κ2) is 8.93. The van der Waals surface area contributed by atoms with E-state index in [1.807, 2.05) is 12.1 Å². The van der Waals surface area contributed by atoms with E-state index >= 15 is 0 Å². The van der Waals surface area contributed by atoms with Crippen LogP contribution in [0.4, 0.5) is 0 Å². The van der Waals surface area contributed by atoms with Gasteiger partial charge in [0, 0.05) is 17.9 Å². The molecule has 0 saturated carbocycles. The Kier molecular flexibility index (Phi) is 7.11. The molecule has 1 N–H and O–H groups in total. The van der Waals surface area contributed by atoms with Crippen molar-refractivity contribution in [1.82, 2.24) is 0 Å². The summed E-state index contributed by atoms with van der Waals surface area (Å²) in [4.78, 5) is 0. The number of rotatable bonds is 8. The maximum absolute atomic E-state index is 10.6. The molecule has 2 nitrogen and oxygen atoms in total. The molecule has 2 aromatic rings. The molecule has 0 aliphatic rings. The number of aromatic hydroxyl groups is 1. The quantitative estimate of drug-likeness (QED) is 0.545. The molecule has 0 aliphatic heterocycles. The van der Waals surface area contributed by atoms with E-state index in [1.54, 1.807) is 0 Å². The molecule has 27 heavy (non-hydrogen) atoms. The molecule has 0 bridgehead atoms. The Morgan fingerprint density at radius 2 is 1.37 bits per heavy atom. The highest BCUT2D eigenvalue weighted by molar-refractivity contribution is 5.43. The van der Waals surface area contributed by atoms with Gasteiger partial charge in [-0.25, -0.2) is 0 Å². The van der Waals surface area contributed by atoms with Gasteiger partial charge in [0.2, 0.25) is 0 Å². The van der Waals surface area contributed by atoms with Crippen molar-refractivity contribution >= 4 is 0 Å². The highest BCUT2D eigenvalue weighted by Crippen LogP contribution is 2.37. The third-order valence-electron chi connectivity index (χ3n) is 6.45. The smallest absolute Gasteiger partial charge is 0.119 e. The second-order valence-corrected chi connectivity index (χ2v) is 8.81. The van der Waals surface area contributed by atoms with E-state index in [1.165, 1.54) is 11.1 Å². The van der Waals surface area contributed by atoms with Crippen molar-refractivity contribution in [2.24, 2.45) is 0 Å². The predicted molar refractivity (Wildman–Crippen MR) is 116 cm³/mol. The van der Waals surface area contributed by atoms with Crippen molar-refractivity contribution in [3.8, 4) is 5.75 Å². The fourth-order valence-corrected chi connectivity index (χ4v) is 5.06. The van der Waals surface area contributed by atoms with Gasteiger partial charge in [-0.15, -0.1) is 0 Å². The van der Waals surface area contributed by atoms with Crippen molar-refractivity contribution in [1.29, 1.82) is 0 Å². The van der Waals surface area contributed by atoms with Gasteiger partial charge >= 0.3 is 0 Å². The Bertz CT molecular complexity index is 697. The van der Waals surface area contributed by atoms with Gasteiger partial charge in [-0.1, -0.05) is 48.0 Å². The van der Waals surface area contributed by atoms with Crippen LogP contribution in [0.2, 0.25) is 0 Å². The lowest BCUT2D eigenvalue weighted by Gasteiger charge is -2.50. The summed E-state index contributed by atoms with van der Waals surface area (Å²) in [6, 6.07) is 18.3. The summed E-state index contributed by atoms with van der Waals surface area (Å²) in [5.41, 5.74) is 3.53. The monoisotopic (exact) mass is 368 g/mol. The van der Waals surface area contributed by atoms with E-state index < -0.39 is 0 Å². The lowest BCUT2D eigenvalue weighted by Crippen LogP contribution is -2.62. The number of phenolic OH excluding ortho intramolecular Hbond substituents is 1. The Morgan fingerprint density at radius 3 is 1.89 bits per heavy atom. The minimum Gasteiger partial charge on any atom is -0.508 e. The standard InChI is InChI=1S/C25H37NO/c1-18(2)26(19(3)4,20(5)6)16-15-23(22-11-9-8-10-12-22)24-17-21(7)13-14-25(24)27/h8-14,17-20,23H,15-16H2,1-7H3/p+1. The summed E-state index contributed by atoms with van der Waals surface area (Å²) < 4.78 is 1.09. The summed E-state index contributed by atoms with van der Waals surface area (Å²) in [7, 11) is 0. The summed E-state index contributed by atoms with van der Waals surface area (Å²) in [6.45, 7) is 17.3. The van der Waals surface area contributed by atoms with Crippen molar-refractivity contribution in [2.75, 3.05) is 6.54 Å². The largest absolute Gasteiger partial charge is 0.508 e. The normalized spacial score (nSPS) is 13.6. The maximum atomic E-state index is 10.6. The summed E-state index contributed by atoms with van der Waals surface area (Å²) in [5, 5.41) is 10.6. The van der Waals surface area contributed by atoms with Crippen LogP contribution in [-0.4, -0.2) is 34.3 Å². The van der Waals surface area contributed by atoms with Crippen LogP contribution in [0, 0.1) is 6.92 Å². The first-order valence-corrected chi connectivity index (χ1v) is 10.4. The third-order valence-corrected chi connectivity index (χ3v) is 6.45. The number of nitrogens with zero attached hydrogens (tertiary/aromatic N) is 1. The van der Waals surface area contributed by atoms with Crippen LogP contribution in [0.25, 0.3) is 0 Å². The zero-order valence-corrected chi connectivity index (χ0v) is 18.2. The van der Waals surface area contributed by atoms with Gasteiger partial charge in [0.05, 0.1) is 24.7 Å². The van der Waals surface area contributed by atoms with Crippen LogP contribution in [0.15, 0.2) is 48.5 Å². The van der Waals surface area contributed by atoms with Gasteiger partial charge in [0.25, 0.3) is 0 Å². The highest BCUT2D eigenvalue weighted by Gasteiger charge is 2.38. The molecule has 2 aromatic carbocycles. The van der Waals surface area contributed by atoms with Gasteiger partial charge in [-0.2, -0.15) is 0 Å². The Morgan fingerprint density at radius 1 is 0.815 bits per heavy atom. The summed E-state index contributed by atoms with van der Waals surface area (Å²) in [5.74, 6) is 0.617. The van der Waals surface area contributed by atoms with Crippen molar-refractivity contribution in [3.63, 3.8) is 0 Å². The molecule has 0 fully saturated rings. The lowest BCUT2D eigenvalue weighted by atomic mass is 9.86. The molecule has 0 amide bonds. The number of aryl methyl sites for hydroxylation is 1. The van der Waals surface area contributed by atoms with Crippen LogP contribution >= 0.6 is 0 Å². The Balaban J connectivity index is 2.45. The van der Waals surface area contributed by atoms with Gasteiger partial charge in [-0.3, -0.25) is 0 Å². The van der Waals surface area contributed by atoms with Crippen molar-refractivity contribution in [2.45, 2.75) is 78.9 Å². The molecule has 0 aliphatic carbocycles. The molecule has 0 aromatic heterocycles. The summed E-state index contributed by atoms with van der Waals surface area (Å²) >= 11 is 0. The number of phenols is 1. The molecule has 0 saturated heterocycles. The fraction of sp³-hybridized carbons (Fsp3) is 0.520.